The second kappa shape index (κ2) is 8.68. The molecule has 0 unspecified atom stereocenters. The molecule has 1 aliphatic rings. The first-order chi connectivity index (χ1) is 14.5. The Bertz CT molecular complexity index is 1040. The molecule has 158 valence electrons. The average Bonchev–Trinajstić information content (AvgIpc) is 3.38. The molecule has 1 fully saturated rings. The summed E-state index contributed by atoms with van der Waals surface area (Å²) < 4.78 is 0. The summed E-state index contributed by atoms with van der Waals surface area (Å²) in [6, 6.07) is 9.02. The number of H-pyrrole nitrogens is 1. The van der Waals surface area contributed by atoms with Crippen LogP contribution in [0.25, 0.3) is 0 Å². The molecule has 1 atom stereocenters. The van der Waals surface area contributed by atoms with Crippen LogP contribution in [0, 0.1) is 6.92 Å². The highest BCUT2D eigenvalue weighted by Gasteiger charge is 2.31. The average molecular weight is 429 g/mol. The van der Waals surface area contributed by atoms with E-state index < -0.39 is 0 Å². The van der Waals surface area contributed by atoms with Crippen LogP contribution in [0.5, 0.6) is 0 Å². The highest BCUT2D eigenvalue weighted by atomic mass is 35.5. The van der Waals surface area contributed by atoms with E-state index in [1.807, 2.05) is 25.1 Å². The van der Waals surface area contributed by atoms with Crippen LogP contribution in [-0.2, 0) is 0 Å². The Kier molecular flexibility index (Phi) is 5.82. The number of halogens is 1. The Balaban J connectivity index is 0.00000272. The predicted molar refractivity (Wildman–Crippen MR) is 119 cm³/mol. The van der Waals surface area contributed by atoms with Gasteiger partial charge < -0.3 is 21.3 Å². The van der Waals surface area contributed by atoms with E-state index in [9.17, 15) is 4.79 Å². The van der Waals surface area contributed by atoms with Crippen LogP contribution in [0.3, 0.4) is 0 Å². The Hall–Kier alpha value is -3.17. The molecular formula is C20H25ClN8O. The fourth-order valence-corrected chi connectivity index (χ4v) is 3.59. The molecule has 30 heavy (non-hydrogen) atoms. The van der Waals surface area contributed by atoms with E-state index in [4.69, 9.17) is 17.3 Å². The maximum atomic E-state index is 13.2. The van der Waals surface area contributed by atoms with Gasteiger partial charge in [-0.15, -0.1) is 0 Å². The molecule has 0 saturated carbocycles. The molecule has 5 N–H and O–H groups in total. The van der Waals surface area contributed by atoms with Crippen LogP contribution in [0.15, 0.2) is 36.5 Å². The minimum Gasteiger partial charge on any atom is -0.338 e. The molecule has 1 aromatic carbocycles. The van der Waals surface area contributed by atoms with Crippen molar-refractivity contribution >= 4 is 40.6 Å². The predicted octanol–water partition coefficient (Wildman–Crippen LogP) is 3.46. The van der Waals surface area contributed by atoms with Crippen molar-refractivity contribution in [2.75, 3.05) is 23.7 Å². The van der Waals surface area contributed by atoms with Gasteiger partial charge >= 0.3 is 0 Å². The van der Waals surface area contributed by atoms with E-state index >= 15 is 0 Å². The van der Waals surface area contributed by atoms with Crippen molar-refractivity contribution in [2.45, 2.75) is 25.8 Å². The number of rotatable bonds is 6. The van der Waals surface area contributed by atoms with E-state index in [2.05, 4.69) is 30.8 Å². The number of anilines is 4. The minimum atomic E-state index is -0.186. The van der Waals surface area contributed by atoms with E-state index in [0.717, 1.165) is 24.2 Å². The minimum absolute atomic E-state index is 0. The van der Waals surface area contributed by atoms with Crippen LogP contribution in [0.2, 0.25) is 5.02 Å². The lowest BCUT2D eigenvalue weighted by Gasteiger charge is -2.24. The van der Waals surface area contributed by atoms with Gasteiger partial charge in [-0.05, 0) is 44.0 Å². The molecule has 1 saturated heterocycles. The second-order valence-electron chi connectivity index (χ2n) is 7.18. The maximum Gasteiger partial charge on any atom is 0.276 e. The third-order valence-corrected chi connectivity index (χ3v) is 5.21. The standard InChI is InChI=1S/C20H23ClN8O.H2/c1-12-9-16(28-27-12)25-17-11-23-18(20(30)29-8-2-3-15(29)10-22)19(26-17)24-14-6-4-13(21)5-7-14;/h4-7,9,11,15H,2-3,8,10,22H2,1H3,(H3,24,25,26,27,28);1H/t15-;/m1./s1. The lowest BCUT2D eigenvalue weighted by molar-refractivity contribution is 0.0736. The number of nitrogens with zero attached hydrogens (tertiary/aromatic N) is 4. The summed E-state index contributed by atoms with van der Waals surface area (Å²) >= 11 is 5.98. The molecule has 2 aromatic heterocycles. The fraction of sp³-hybridized carbons (Fsp3) is 0.300. The van der Waals surface area contributed by atoms with Crippen LogP contribution < -0.4 is 16.4 Å². The van der Waals surface area contributed by atoms with Crippen molar-refractivity contribution < 1.29 is 6.22 Å². The largest absolute Gasteiger partial charge is 0.338 e. The van der Waals surface area contributed by atoms with Crippen molar-refractivity contribution in [3.63, 3.8) is 0 Å². The number of nitrogens with one attached hydrogen (secondary N) is 3. The lowest BCUT2D eigenvalue weighted by atomic mass is 10.2. The topological polar surface area (TPSA) is 125 Å². The highest BCUT2D eigenvalue weighted by Crippen LogP contribution is 2.26. The smallest absolute Gasteiger partial charge is 0.276 e. The van der Waals surface area contributed by atoms with Gasteiger partial charge in [0.1, 0.15) is 0 Å². The summed E-state index contributed by atoms with van der Waals surface area (Å²) in [5.41, 5.74) is 7.75. The molecule has 0 aliphatic carbocycles. The first-order valence-electron chi connectivity index (χ1n) is 9.73. The Labute approximate surface area is 180 Å². The highest BCUT2D eigenvalue weighted by molar-refractivity contribution is 6.30. The van der Waals surface area contributed by atoms with Gasteiger partial charge in [0, 0.05) is 43.0 Å². The molecule has 4 rings (SSSR count). The van der Waals surface area contributed by atoms with Crippen LogP contribution in [0.1, 0.15) is 30.5 Å². The third-order valence-electron chi connectivity index (χ3n) is 4.95. The van der Waals surface area contributed by atoms with Crippen molar-refractivity contribution in [2.24, 2.45) is 5.73 Å². The van der Waals surface area contributed by atoms with E-state index in [1.165, 1.54) is 6.20 Å². The quantitative estimate of drug-likeness (QED) is 0.473. The van der Waals surface area contributed by atoms with Gasteiger partial charge in [-0.3, -0.25) is 9.89 Å². The first-order valence-corrected chi connectivity index (χ1v) is 10.1. The number of aryl methyl sites for hydroxylation is 1. The van der Waals surface area contributed by atoms with E-state index in [0.29, 0.717) is 35.6 Å². The molecule has 0 bridgehead atoms. The summed E-state index contributed by atoms with van der Waals surface area (Å²) in [5.74, 6) is 1.24. The van der Waals surface area contributed by atoms with Crippen LogP contribution in [0.4, 0.5) is 23.1 Å². The number of aromatic amines is 1. The number of hydrogen-bond donors (Lipinski definition) is 4. The van der Waals surface area contributed by atoms with Crippen LogP contribution >= 0.6 is 11.6 Å². The fourth-order valence-electron chi connectivity index (χ4n) is 3.46. The SMILES string of the molecule is Cc1cc(Nc2cnc(C(=O)N3CCC[C@@H]3CN)c(Nc3ccc(Cl)cc3)n2)n[nH]1.[HH]. The second-order valence-corrected chi connectivity index (χ2v) is 7.61. The number of likely N-dealkylation sites (tertiary alicyclic amines) is 1. The van der Waals surface area contributed by atoms with E-state index in [-0.39, 0.29) is 19.1 Å². The summed E-state index contributed by atoms with van der Waals surface area (Å²) in [7, 11) is 0. The van der Waals surface area contributed by atoms with Gasteiger partial charge in [0.2, 0.25) is 0 Å². The molecule has 0 radical (unpaired) electrons. The van der Waals surface area contributed by atoms with Crippen molar-refractivity contribution in [3.8, 4) is 0 Å². The van der Waals surface area contributed by atoms with Gasteiger partial charge in [0.15, 0.2) is 23.1 Å². The summed E-state index contributed by atoms with van der Waals surface area (Å²) in [6.45, 7) is 3.00. The molecule has 0 spiro atoms. The Morgan fingerprint density at radius 3 is 2.83 bits per heavy atom. The first kappa shape index (κ1) is 20.1. The molecule has 3 heterocycles. The van der Waals surface area contributed by atoms with Gasteiger partial charge in [0.05, 0.1) is 6.20 Å². The van der Waals surface area contributed by atoms with Crippen LogP contribution in [-0.4, -0.2) is 50.1 Å². The zero-order chi connectivity index (χ0) is 21.1. The molecule has 1 aliphatic heterocycles. The molecule has 9 nitrogen and oxygen atoms in total. The summed E-state index contributed by atoms with van der Waals surface area (Å²) in [5, 5.41) is 13.9. The number of amides is 1. The summed E-state index contributed by atoms with van der Waals surface area (Å²) in [4.78, 5) is 24.0. The Morgan fingerprint density at radius 1 is 1.33 bits per heavy atom. The number of nitrogens with two attached hydrogens (primary N) is 1. The molecule has 1 amide bonds. The van der Waals surface area contributed by atoms with Crippen molar-refractivity contribution in [3.05, 3.63) is 52.9 Å². The molecule has 10 heteroatoms. The van der Waals surface area contributed by atoms with Gasteiger partial charge in [-0.1, -0.05) is 11.6 Å². The van der Waals surface area contributed by atoms with E-state index in [1.54, 1.807) is 17.0 Å². The normalized spacial score (nSPS) is 16.0. The zero-order valence-electron chi connectivity index (χ0n) is 16.5. The number of carbonyl (C=O) groups is 1. The van der Waals surface area contributed by atoms with Gasteiger partial charge in [-0.2, -0.15) is 5.10 Å². The van der Waals surface area contributed by atoms with Gasteiger partial charge in [0.25, 0.3) is 5.91 Å². The Morgan fingerprint density at radius 2 is 2.13 bits per heavy atom. The van der Waals surface area contributed by atoms with Gasteiger partial charge in [-0.25, -0.2) is 9.97 Å². The third kappa shape index (κ3) is 4.37. The van der Waals surface area contributed by atoms with Crippen molar-refractivity contribution in [1.82, 2.24) is 25.1 Å². The lowest BCUT2D eigenvalue weighted by Crippen LogP contribution is -2.40. The zero-order valence-corrected chi connectivity index (χ0v) is 17.3. The molecular weight excluding hydrogens is 404 g/mol. The number of hydrogen-bond acceptors (Lipinski definition) is 7. The molecule has 3 aromatic rings. The number of aromatic nitrogens is 4. The summed E-state index contributed by atoms with van der Waals surface area (Å²) in [6.07, 6.45) is 3.35. The monoisotopic (exact) mass is 428 g/mol. The van der Waals surface area contributed by atoms with Crippen molar-refractivity contribution in [1.29, 1.82) is 0 Å². The number of benzene rings is 1. The maximum absolute atomic E-state index is 13.2. The number of carbonyl (C=O) groups excluding carboxylic acids is 1.